The van der Waals surface area contributed by atoms with Gasteiger partial charge in [0.25, 0.3) is 0 Å². The molecule has 0 aliphatic carbocycles. The summed E-state index contributed by atoms with van der Waals surface area (Å²) in [7, 11) is 0. The molecule has 2 aromatic carbocycles. The fraction of sp³-hybridized carbons (Fsp3) is 0.280. The number of hydrogen-bond acceptors (Lipinski definition) is 3. The minimum absolute atomic E-state index is 0.0667. The molecule has 1 N–H and O–H groups in total. The van der Waals surface area contributed by atoms with E-state index in [2.05, 4.69) is 5.32 Å². The lowest BCUT2D eigenvalue weighted by Gasteiger charge is -2.30. The molecule has 3 amide bonds. The highest BCUT2D eigenvalue weighted by molar-refractivity contribution is 7.11. The maximum Gasteiger partial charge on any atom is 0.322 e. The number of benzene rings is 2. The maximum absolute atomic E-state index is 13.4. The molecule has 3 rings (SSSR count). The van der Waals surface area contributed by atoms with E-state index in [0.29, 0.717) is 28.8 Å². The van der Waals surface area contributed by atoms with Crippen LogP contribution >= 0.6 is 34.5 Å². The van der Waals surface area contributed by atoms with E-state index < -0.39 is 6.03 Å². The van der Waals surface area contributed by atoms with Crippen LogP contribution in [0.15, 0.2) is 60.7 Å². The quantitative estimate of drug-likeness (QED) is 0.365. The molecule has 0 aliphatic heterocycles. The van der Waals surface area contributed by atoms with Crippen molar-refractivity contribution >= 4 is 52.2 Å². The van der Waals surface area contributed by atoms with Gasteiger partial charge in [0.1, 0.15) is 6.54 Å². The van der Waals surface area contributed by atoms with Crippen molar-refractivity contribution in [2.45, 2.75) is 39.9 Å². The zero-order valence-electron chi connectivity index (χ0n) is 18.8. The monoisotopic (exact) mass is 503 g/mol. The predicted molar refractivity (Wildman–Crippen MR) is 137 cm³/mol. The van der Waals surface area contributed by atoms with E-state index in [4.69, 9.17) is 23.2 Å². The number of urea groups is 1. The number of halogens is 2. The van der Waals surface area contributed by atoms with E-state index in [1.54, 1.807) is 34.4 Å². The van der Waals surface area contributed by atoms with Gasteiger partial charge in [0.05, 0.1) is 22.3 Å². The summed E-state index contributed by atoms with van der Waals surface area (Å²) in [5.74, 6) is -0.140. The Labute approximate surface area is 208 Å². The first-order chi connectivity index (χ1) is 15.7. The Morgan fingerprint density at radius 2 is 1.61 bits per heavy atom. The Hall–Kier alpha value is -2.54. The molecule has 0 saturated heterocycles. The summed E-state index contributed by atoms with van der Waals surface area (Å²) in [4.78, 5) is 32.0. The standard InChI is InChI=1S/C25H27Cl2N3O2S/c1-17(2)30(25(32)28-24-21(26)10-7-11-22(24)27)16-23(31)29(14-19-8-5-4-6-9-19)15-20-13-12-18(3)33-20/h4-13,17H,14-16H2,1-3H3,(H,28,32). The van der Waals surface area contributed by atoms with Crippen molar-refractivity contribution in [2.75, 3.05) is 11.9 Å². The summed E-state index contributed by atoms with van der Waals surface area (Å²) in [6.45, 7) is 6.65. The second kappa shape index (κ2) is 11.5. The molecule has 5 nitrogen and oxygen atoms in total. The van der Waals surface area contributed by atoms with Gasteiger partial charge in [0.2, 0.25) is 5.91 Å². The number of nitrogens with zero attached hydrogens (tertiary/aromatic N) is 2. The molecule has 0 aliphatic rings. The van der Waals surface area contributed by atoms with Crippen molar-refractivity contribution in [3.05, 3.63) is 86.0 Å². The Morgan fingerprint density at radius 3 is 2.18 bits per heavy atom. The van der Waals surface area contributed by atoms with Crippen molar-refractivity contribution in [1.82, 2.24) is 9.80 Å². The third-order valence-corrected chi connectivity index (χ3v) is 6.71. The molecule has 1 heterocycles. The molecule has 0 bridgehead atoms. The van der Waals surface area contributed by atoms with E-state index in [9.17, 15) is 9.59 Å². The van der Waals surface area contributed by atoms with Gasteiger partial charge >= 0.3 is 6.03 Å². The summed E-state index contributed by atoms with van der Waals surface area (Å²) in [6.07, 6.45) is 0. The van der Waals surface area contributed by atoms with Crippen LogP contribution in [0.25, 0.3) is 0 Å². The SMILES string of the molecule is Cc1ccc(CN(Cc2ccccc2)C(=O)CN(C(=O)Nc2c(Cl)cccc2Cl)C(C)C)s1. The zero-order valence-corrected chi connectivity index (χ0v) is 21.2. The zero-order chi connectivity index (χ0) is 24.0. The topological polar surface area (TPSA) is 52.7 Å². The number of nitrogens with one attached hydrogen (secondary N) is 1. The number of para-hydroxylation sites is 1. The van der Waals surface area contributed by atoms with Gasteiger partial charge in [0.15, 0.2) is 0 Å². The lowest BCUT2D eigenvalue weighted by atomic mass is 10.2. The summed E-state index contributed by atoms with van der Waals surface area (Å²) in [6, 6.07) is 18.3. The van der Waals surface area contributed by atoms with Gasteiger partial charge in [-0.15, -0.1) is 11.3 Å². The first-order valence-corrected chi connectivity index (χ1v) is 12.2. The predicted octanol–water partition coefficient (Wildman–Crippen LogP) is 6.83. The number of hydrogen-bond donors (Lipinski definition) is 1. The molecule has 1 aromatic heterocycles. The summed E-state index contributed by atoms with van der Waals surface area (Å²) in [5.41, 5.74) is 1.36. The molecular formula is C25H27Cl2N3O2S. The maximum atomic E-state index is 13.4. The highest BCUT2D eigenvalue weighted by atomic mass is 35.5. The molecule has 0 atom stereocenters. The molecule has 33 heavy (non-hydrogen) atoms. The second-order valence-corrected chi connectivity index (χ2v) is 10.2. The van der Waals surface area contributed by atoms with E-state index in [1.165, 1.54) is 9.78 Å². The first-order valence-electron chi connectivity index (χ1n) is 10.6. The fourth-order valence-corrected chi connectivity index (χ4v) is 4.72. The third-order valence-electron chi connectivity index (χ3n) is 5.10. The Bertz CT molecular complexity index is 1080. The normalized spacial score (nSPS) is 10.8. The average Bonchev–Trinajstić information content (AvgIpc) is 3.19. The van der Waals surface area contributed by atoms with Crippen LogP contribution in [0, 0.1) is 6.92 Å². The van der Waals surface area contributed by atoms with Crippen LogP contribution in [0.5, 0.6) is 0 Å². The number of thiophene rings is 1. The first kappa shape index (κ1) is 25.1. The molecule has 0 radical (unpaired) electrons. The van der Waals surface area contributed by atoms with Gasteiger partial charge in [-0.1, -0.05) is 59.6 Å². The third kappa shape index (κ3) is 6.97. The minimum Gasteiger partial charge on any atom is -0.332 e. The minimum atomic E-state index is -0.431. The van der Waals surface area contributed by atoms with Crippen LogP contribution in [0.3, 0.4) is 0 Å². The van der Waals surface area contributed by atoms with E-state index in [1.807, 2.05) is 63.2 Å². The smallest absolute Gasteiger partial charge is 0.322 e. The van der Waals surface area contributed by atoms with Crippen LogP contribution in [-0.4, -0.2) is 34.3 Å². The second-order valence-electron chi connectivity index (χ2n) is 8.00. The highest BCUT2D eigenvalue weighted by Gasteiger charge is 2.25. The van der Waals surface area contributed by atoms with Crippen LogP contribution < -0.4 is 5.32 Å². The Morgan fingerprint density at radius 1 is 0.939 bits per heavy atom. The van der Waals surface area contributed by atoms with Gasteiger partial charge in [0, 0.05) is 22.3 Å². The summed E-state index contributed by atoms with van der Waals surface area (Å²) >= 11 is 14.1. The molecule has 8 heteroatoms. The van der Waals surface area contributed by atoms with Crippen LogP contribution in [0.1, 0.15) is 29.2 Å². The molecular weight excluding hydrogens is 477 g/mol. The Balaban J connectivity index is 1.78. The number of rotatable bonds is 8. The highest BCUT2D eigenvalue weighted by Crippen LogP contribution is 2.30. The number of anilines is 1. The molecule has 3 aromatic rings. The number of aryl methyl sites for hydroxylation is 1. The van der Waals surface area contributed by atoms with Gasteiger partial charge < -0.3 is 15.1 Å². The van der Waals surface area contributed by atoms with Crippen molar-refractivity contribution in [1.29, 1.82) is 0 Å². The summed E-state index contributed by atoms with van der Waals surface area (Å²) in [5, 5.41) is 3.44. The van der Waals surface area contributed by atoms with E-state index in [0.717, 1.165) is 10.4 Å². The van der Waals surface area contributed by atoms with Crippen molar-refractivity contribution < 1.29 is 9.59 Å². The average molecular weight is 504 g/mol. The van der Waals surface area contributed by atoms with Gasteiger partial charge in [-0.05, 0) is 50.6 Å². The van der Waals surface area contributed by atoms with Gasteiger partial charge in [-0.25, -0.2) is 4.79 Å². The lowest BCUT2D eigenvalue weighted by molar-refractivity contribution is -0.133. The number of carbonyl (C=O) groups excluding carboxylic acids is 2. The summed E-state index contributed by atoms with van der Waals surface area (Å²) < 4.78 is 0. The molecule has 0 unspecified atom stereocenters. The largest absolute Gasteiger partial charge is 0.332 e. The molecule has 0 fully saturated rings. The van der Waals surface area contributed by atoms with Gasteiger partial charge in [-0.2, -0.15) is 0 Å². The number of carbonyl (C=O) groups is 2. The van der Waals surface area contributed by atoms with Crippen molar-refractivity contribution in [3.8, 4) is 0 Å². The van der Waals surface area contributed by atoms with E-state index >= 15 is 0 Å². The fourth-order valence-electron chi connectivity index (χ4n) is 3.32. The molecule has 0 spiro atoms. The van der Waals surface area contributed by atoms with Crippen LogP contribution in [-0.2, 0) is 17.9 Å². The lowest BCUT2D eigenvalue weighted by Crippen LogP contribution is -2.47. The van der Waals surface area contributed by atoms with Crippen LogP contribution in [0.2, 0.25) is 10.0 Å². The van der Waals surface area contributed by atoms with Crippen molar-refractivity contribution in [2.24, 2.45) is 0 Å². The number of amides is 3. The van der Waals surface area contributed by atoms with Crippen molar-refractivity contribution in [3.63, 3.8) is 0 Å². The molecule has 174 valence electrons. The van der Waals surface area contributed by atoms with Gasteiger partial charge in [-0.3, -0.25) is 4.79 Å². The molecule has 0 saturated carbocycles. The Kier molecular flexibility index (Phi) is 8.78. The van der Waals surface area contributed by atoms with Crippen LogP contribution in [0.4, 0.5) is 10.5 Å². The van der Waals surface area contributed by atoms with E-state index in [-0.39, 0.29) is 18.5 Å².